The van der Waals surface area contributed by atoms with Crippen molar-refractivity contribution in [2.45, 2.75) is 25.8 Å². The minimum absolute atomic E-state index is 0.0936. The second-order valence-corrected chi connectivity index (χ2v) is 5.26. The Balaban J connectivity index is 1.76. The Morgan fingerprint density at radius 3 is 2.74 bits per heavy atom. The molecule has 1 aromatic carbocycles. The molecule has 1 unspecified atom stereocenters. The lowest BCUT2D eigenvalue weighted by Crippen LogP contribution is -2.31. The summed E-state index contributed by atoms with van der Waals surface area (Å²) in [5.41, 5.74) is 1.88. The predicted molar refractivity (Wildman–Crippen MR) is 90.0 cm³/mol. The lowest BCUT2D eigenvalue weighted by molar-refractivity contribution is -0.117. The third-order valence-electron chi connectivity index (χ3n) is 3.40. The SMILES string of the molecule is COc1ccc(CCC(C)NC(=O)/C=C/c2cnccn2)cc1. The summed E-state index contributed by atoms with van der Waals surface area (Å²) in [7, 11) is 1.65. The lowest BCUT2D eigenvalue weighted by atomic mass is 10.1. The Morgan fingerprint density at radius 2 is 2.09 bits per heavy atom. The van der Waals surface area contributed by atoms with Crippen molar-refractivity contribution in [2.24, 2.45) is 0 Å². The van der Waals surface area contributed by atoms with Crippen molar-refractivity contribution in [3.63, 3.8) is 0 Å². The normalized spacial score (nSPS) is 12.1. The maximum atomic E-state index is 11.9. The average molecular weight is 311 g/mol. The number of carbonyl (C=O) groups excluding carboxylic acids is 1. The van der Waals surface area contributed by atoms with Crippen LogP contribution in [0.1, 0.15) is 24.6 Å². The molecular formula is C18H21N3O2. The fourth-order valence-electron chi connectivity index (χ4n) is 2.10. The molecule has 0 radical (unpaired) electrons. The van der Waals surface area contributed by atoms with Crippen molar-refractivity contribution in [2.75, 3.05) is 7.11 Å². The number of aryl methyl sites for hydroxylation is 1. The molecule has 0 bridgehead atoms. The summed E-state index contributed by atoms with van der Waals surface area (Å²) in [6.07, 6.45) is 9.70. The largest absolute Gasteiger partial charge is 0.497 e. The van der Waals surface area contributed by atoms with E-state index in [1.165, 1.54) is 11.6 Å². The molecule has 1 aromatic heterocycles. The summed E-state index contributed by atoms with van der Waals surface area (Å²) in [6.45, 7) is 2.00. The van der Waals surface area contributed by atoms with Crippen LogP contribution in [0.4, 0.5) is 0 Å². The highest BCUT2D eigenvalue weighted by atomic mass is 16.5. The Morgan fingerprint density at radius 1 is 1.30 bits per heavy atom. The molecule has 1 amide bonds. The molecule has 120 valence electrons. The van der Waals surface area contributed by atoms with E-state index in [0.717, 1.165) is 18.6 Å². The van der Waals surface area contributed by atoms with E-state index in [0.29, 0.717) is 5.69 Å². The molecule has 23 heavy (non-hydrogen) atoms. The number of hydrogen-bond donors (Lipinski definition) is 1. The number of amides is 1. The van der Waals surface area contributed by atoms with Crippen molar-refractivity contribution in [1.29, 1.82) is 0 Å². The molecule has 1 N–H and O–H groups in total. The minimum atomic E-state index is -0.127. The maximum Gasteiger partial charge on any atom is 0.244 e. The topological polar surface area (TPSA) is 64.1 Å². The van der Waals surface area contributed by atoms with Gasteiger partial charge in [0.1, 0.15) is 5.75 Å². The van der Waals surface area contributed by atoms with E-state index in [2.05, 4.69) is 15.3 Å². The van der Waals surface area contributed by atoms with Gasteiger partial charge in [-0.1, -0.05) is 12.1 Å². The molecule has 2 rings (SSSR count). The van der Waals surface area contributed by atoms with Crippen molar-refractivity contribution in [1.82, 2.24) is 15.3 Å². The molecule has 0 fully saturated rings. The number of nitrogens with one attached hydrogen (secondary N) is 1. The Hall–Kier alpha value is -2.69. The van der Waals surface area contributed by atoms with Gasteiger partial charge in [-0.2, -0.15) is 0 Å². The van der Waals surface area contributed by atoms with Gasteiger partial charge in [0, 0.05) is 24.5 Å². The molecule has 0 aliphatic rings. The molecule has 0 spiro atoms. The number of carbonyl (C=O) groups is 1. The van der Waals surface area contributed by atoms with Crippen LogP contribution in [0, 0.1) is 0 Å². The second kappa shape index (κ2) is 8.68. The Kier molecular flexibility index (Phi) is 6.29. The molecule has 0 saturated carbocycles. The highest BCUT2D eigenvalue weighted by Crippen LogP contribution is 2.13. The molecule has 1 atom stereocenters. The Bertz CT molecular complexity index is 639. The number of benzene rings is 1. The zero-order chi connectivity index (χ0) is 16.5. The van der Waals surface area contributed by atoms with E-state index >= 15 is 0 Å². The van der Waals surface area contributed by atoms with E-state index in [4.69, 9.17) is 4.74 Å². The number of hydrogen-bond acceptors (Lipinski definition) is 4. The third-order valence-corrected chi connectivity index (χ3v) is 3.40. The van der Waals surface area contributed by atoms with E-state index in [1.54, 1.807) is 31.8 Å². The maximum absolute atomic E-state index is 11.9. The summed E-state index contributed by atoms with van der Waals surface area (Å²) in [4.78, 5) is 19.9. The van der Waals surface area contributed by atoms with Crippen LogP contribution in [0.25, 0.3) is 6.08 Å². The molecular weight excluding hydrogens is 290 g/mol. The highest BCUT2D eigenvalue weighted by molar-refractivity contribution is 5.91. The zero-order valence-corrected chi connectivity index (χ0v) is 13.4. The number of methoxy groups -OCH3 is 1. The molecule has 2 aromatic rings. The molecule has 0 aliphatic carbocycles. The Labute approximate surface area is 136 Å². The van der Waals surface area contributed by atoms with Gasteiger partial charge in [0.15, 0.2) is 0 Å². The average Bonchev–Trinajstić information content (AvgIpc) is 2.59. The number of ether oxygens (including phenoxy) is 1. The number of nitrogens with zero attached hydrogens (tertiary/aromatic N) is 2. The van der Waals surface area contributed by atoms with Crippen molar-refractivity contribution >= 4 is 12.0 Å². The van der Waals surface area contributed by atoms with Crippen LogP contribution in [0.2, 0.25) is 0 Å². The van der Waals surface area contributed by atoms with Gasteiger partial charge in [0.2, 0.25) is 5.91 Å². The highest BCUT2D eigenvalue weighted by Gasteiger charge is 2.05. The van der Waals surface area contributed by atoms with Gasteiger partial charge in [-0.05, 0) is 43.5 Å². The van der Waals surface area contributed by atoms with Gasteiger partial charge >= 0.3 is 0 Å². The predicted octanol–water partition coefficient (Wildman–Crippen LogP) is 2.64. The summed E-state index contributed by atoms with van der Waals surface area (Å²) in [5.74, 6) is 0.724. The number of rotatable bonds is 7. The first kappa shape index (κ1) is 16.7. The molecule has 1 heterocycles. The van der Waals surface area contributed by atoms with E-state index in [1.807, 2.05) is 31.2 Å². The third kappa shape index (κ3) is 5.90. The quantitative estimate of drug-likeness (QED) is 0.798. The van der Waals surface area contributed by atoms with Gasteiger partial charge in [0.05, 0.1) is 19.0 Å². The molecule has 0 aliphatic heterocycles. The van der Waals surface area contributed by atoms with Gasteiger partial charge in [-0.15, -0.1) is 0 Å². The first-order chi connectivity index (χ1) is 11.2. The van der Waals surface area contributed by atoms with Crippen LogP contribution in [0.3, 0.4) is 0 Å². The molecule has 0 saturated heterocycles. The van der Waals surface area contributed by atoms with Crippen molar-refractivity contribution < 1.29 is 9.53 Å². The standard InChI is InChI=1S/C18H21N3O2/c1-14(3-4-15-5-8-17(23-2)9-6-15)21-18(22)10-7-16-13-19-11-12-20-16/h5-14H,3-4H2,1-2H3,(H,21,22)/b10-7+. The monoisotopic (exact) mass is 311 g/mol. The van der Waals surface area contributed by atoms with Gasteiger partial charge in [0.25, 0.3) is 0 Å². The smallest absolute Gasteiger partial charge is 0.244 e. The molecule has 5 heteroatoms. The zero-order valence-electron chi connectivity index (χ0n) is 13.4. The van der Waals surface area contributed by atoms with Gasteiger partial charge in [-0.3, -0.25) is 14.8 Å². The fourth-order valence-corrected chi connectivity index (χ4v) is 2.10. The van der Waals surface area contributed by atoms with E-state index in [-0.39, 0.29) is 11.9 Å². The van der Waals surface area contributed by atoms with Crippen LogP contribution >= 0.6 is 0 Å². The summed E-state index contributed by atoms with van der Waals surface area (Å²) < 4.78 is 5.14. The van der Waals surface area contributed by atoms with Crippen LogP contribution in [0.15, 0.2) is 48.9 Å². The minimum Gasteiger partial charge on any atom is -0.497 e. The summed E-state index contributed by atoms with van der Waals surface area (Å²) in [6, 6.07) is 8.07. The van der Waals surface area contributed by atoms with Gasteiger partial charge < -0.3 is 10.1 Å². The summed E-state index contributed by atoms with van der Waals surface area (Å²) >= 11 is 0. The van der Waals surface area contributed by atoms with Crippen molar-refractivity contribution in [3.05, 3.63) is 60.2 Å². The van der Waals surface area contributed by atoms with Crippen molar-refractivity contribution in [3.8, 4) is 5.75 Å². The van der Waals surface area contributed by atoms with Crippen LogP contribution in [-0.4, -0.2) is 29.0 Å². The lowest BCUT2D eigenvalue weighted by Gasteiger charge is -2.12. The first-order valence-corrected chi connectivity index (χ1v) is 7.55. The first-order valence-electron chi connectivity index (χ1n) is 7.55. The summed E-state index contributed by atoms with van der Waals surface area (Å²) in [5, 5.41) is 2.94. The fraction of sp³-hybridized carbons (Fsp3) is 0.278. The van der Waals surface area contributed by atoms with Crippen LogP contribution < -0.4 is 10.1 Å². The number of aromatic nitrogens is 2. The van der Waals surface area contributed by atoms with Crippen LogP contribution in [0.5, 0.6) is 5.75 Å². The van der Waals surface area contributed by atoms with Gasteiger partial charge in [-0.25, -0.2) is 0 Å². The second-order valence-electron chi connectivity index (χ2n) is 5.26. The van der Waals surface area contributed by atoms with Crippen LogP contribution in [-0.2, 0) is 11.2 Å². The van der Waals surface area contributed by atoms with E-state index in [9.17, 15) is 4.79 Å². The molecule has 5 nitrogen and oxygen atoms in total. The van der Waals surface area contributed by atoms with E-state index < -0.39 is 0 Å².